The van der Waals surface area contributed by atoms with E-state index in [0.717, 1.165) is 25.2 Å². The standard InChI is InChI=1S/C19H17BrClF2N5O2/c20-11-2-12(21)9(1-14(11)30-16(22)23)15-10-6-28(7-13(10)25-17(24)26-15)18(29)27-19-3-8(4-19)5-19/h1-2,8,16H,3-7H2,(H,27,29)(H2,24,25,26). The largest absolute Gasteiger partial charge is 0.434 e. The van der Waals surface area contributed by atoms with Crippen LogP contribution in [0.15, 0.2) is 16.6 Å². The van der Waals surface area contributed by atoms with E-state index in [-0.39, 0.29) is 45.9 Å². The Hall–Kier alpha value is -2.20. The van der Waals surface area contributed by atoms with Gasteiger partial charge in [-0.15, -0.1) is 0 Å². The Morgan fingerprint density at radius 3 is 2.70 bits per heavy atom. The van der Waals surface area contributed by atoms with E-state index in [0.29, 0.717) is 22.5 Å². The van der Waals surface area contributed by atoms with Crippen molar-refractivity contribution in [2.75, 3.05) is 5.73 Å². The highest BCUT2D eigenvalue weighted by Gasteiger charge is 2.57. The number of halogens is 4. The Labute approximate surface area is 184 Å². The van der Waals surface area contributed by atoms with Crippen LogP contribution in [-0.4, -0.2) is 33.0 Å². The van der Waals surface area contributed by atoms with Gasteiger partial charge in [0.25, 0.3) is 0 Å². The molecular weight excluding hydrogens is 484 g/mol. The first-order valence-corrected chi connectivity index (χ1v) is 10.6. The number of nitrogens with zero attached hydrogens (tertiary/aromatic N) is 3. The number of benzene rings is 1. The molecule has 7 nitrogen and oxygen atoms in total. The fraction of sp³-hybridized carbons (Fsp3) is 0.421. The number of urea groups is 1. The van der Waals surface area contributed by atoms with E-state index in [1.54, 1.807) is 4.90 Å². The number of nitrogens with two attached hydrogens (primary N) is 1. The second-order valence-corrected chi connectivity index (χ2v) is 9.30. The molecule has 1 aromatic carbocycles. The predicted molar refractivity (Wildman–Crippen MR) is 109 cm³/mol. The highest BCUT2D eigenvalue weighted by atomic mass is 79.9. The monoisotopic (exact) mass is 499 g/mol. The third kappa shape index (κ3) is 3.26. The zero-order valence-electron chi connectivity index (χ0n) is 15.6. The summed E-state index contributed by atoms with van der Waals surface area (Å²) < 4.78 is 30.4. The van der Waals surface area contributed by atoms with Gasteiger partial charge in [-0.3, -0.25) is 0 Å². The van der Waals surface area contributed by atoms with Gasteiger partial charge in [0.1, 0.15) is 5.75 Å². The third-order valence-electron chi connectivity index (χ3n) is 5.99. The van der Waals surface area contributed by atoms with Gasteiger partial charge in [0, 0.05) is 16.7 Å². The van der Waals surface area contributed by atoms with Crippen molar-refractivity contribution in [3.63, 3.8) is 0 Å². The predicted octanol–water partition coefficient (Wildman–Crippen LogP) is 4.32. The molecule has 11 heteroatoms. The second-order valence-electron chi connectivity index (χ2n) is 8.04. The fourth-order valence-electron chi connectivity index (χ4n) is 4.47. The summed E-state index contributed by atoms with van der Waals surface area (Å²) in [5.74, 6) is 0.690. The number of fused-ring (bicyclic) bond motifs is 1. The molecule has 0 saturated heterocycles. The SMILES string of the molecule is Nc1nc2c(c(-c3cc(OC(F)F)c(Br)cc3Cl)n1)CN(C(=O)NC13CC(C1)C3)C2. The van der Waals surface area contributed by atoms with Crippen molar-refractivity contribution >= 4 is 39.5 Å². The zero-order valence-corrected chi connectivity index (χ0v) is 17.9. The molecule has 3 saturated carbocycles. The van der Waals surface area contributed by atoms with Crippen molar-refractivity contribution < 1.29 is 18.3 Å². The minimum absolute atomic E-state index is 0.0146. The van der Waals surface area contributed by atoms with Crippen molar-refractivity contribution in [2.24, 2.45) is 5.92 Å². The summed E-state index contributed by atoms with van der Waals surface area (Å²) in [4.78, 5) is 23.0. The molecule has 4 aliphatic rings. The van der Waals surface area contributed by atoms with Crippen LogP contribution in [0.25, 0.3) is 11.3 Å². The highest BCUT2D eigenvalue weighted by molar-refractivity contribution is 9.10. The molecule has 0 unspecified atom stereocenters. The molecule has 2 bridgehead atoms. The number of carbonyl (C=O) groups excluding carboxylic acids is 1. The quantitative estimate of drug-likeness (QED) is 0.652. The lowest BCUT2D eigenvalue weighted by Gasteiger charge is -2.61. The van der Waals surface area contributed by atoms with Crippen LogP contribution in [-0.2, 0) is 13.1 Å². The van der Waals surface area contributed by atoms with Crippen molar-refractivity contribution in [1.82, 2.24) is 20.2 Å². The molecule has 6 rings (SSSR count). The molecule has 2 aromatic rings. The van der Waals surface area contributed by atoms with Crippen molar-refractivity contribution in [3.8, 4) is 17.0 Å². The Morgan fingerprint density at radius 1 is 1.33 bits per heavy atom. The second kappa shape index (κ2) is 6.91. The lowest BCUT2D eigenvalue weighted by atomic mass is 9.50. The number of aromatic nitrogens is 2. The highest BCUT2D eigenvalue weighted by Crippen LogP contribution is 2.57. The fourth-order valence-corrected chi connectivity index (χ4v) is 5.30. The first-order chi connectivity index (χ1) is 14.2. The van der Waals surface area contributed by atoms with Gasteiger partial charge in [-0.05, 0) is 53.2 Å². The Kier molecular flexibility index (Phi) is 4.55. The average Bonchev–Trinajstić information content (AvgIpc) is 3.02. The van der Waals surface area contributed by atoms with Gasteiger partial charge in [-0.1, -0.05) is 11.6 Å². The van der Waals surface area contributed by atoms with Crippen LogP contribution in [0.2, 0.25) is 5.02 Å². The van der Waals surface area contributed by atoms with Crippen LogP contribution in [0.1, 0.15) is 30.5 Å². The molecule has 1 aliphatic heterocycles. The van der Waals surface area contributed by atoms with E-state index in [4.69, 9.17) is 17.3 Å². The Morgan fingerprint density at radius 2 is 2.07 bits per heavy atom. The Bertz CT molecular complexity index is 1050. The summed E-state index contributed by atoms with van der Waals surface area (Å²) in [6.07, 6.45) is 3.12. The zero-order chi connectivity index (χ0) is 21.2. The normalized spacial score (nSPS) is 23.6. The maximum atomic E-state index is 12.8. The number of amides is 2. The summed E-state index contributed by atoms with van der Waals surface area (Å²) in [7, 11) is 0. The van der Waals surface area contributed by atoms with E-state index >= 15 is 0 Å². The molecule has 0 spiro atoms. The first-order valence-electron chi connectivity index (χ1n) is 9.39. The first kappa shape index (κ1) is 19.7. The molecule has 3 N–H and O–H groups in total. The number of hydrogen-bond acceptors (Lipinski definition) is 5. The van der Waals surface area contributed by atoms with E-state index in [9.17, 15) is 13.6 Å². The van der Waals surface area contributed by atoms with Gasteiger partial charge < -0.3 is 20.7 Å². The van der Waals surface area contributed by atoms with Gasteiger partial charge in [-0.2, -0.15) is 8.78 Å². The number of nitrogen functional groups attached to an aromatic ring is 1. The number of alkyl halides is 2. The molecule has 1 aromatic heterocycles. The topological polar surface area (TPSA) is 93.4 Å². The van der Waals surface area contributed by atoms with Gasteiger partial charge >= 0.3 is 12.6 Å². The van der Waals surface area contributed by atoms with Crippen LogP contribution in [0, 0.1) is 5.92 Å². The van der Waals surface area contributed by atoms with Gasteiger partial charge in [-0.25, -0.2) is 14.8 Å². The number of hydrogen-bond donors (Lipinski definition) is 2. The molecule has 3 aliphatic carbocycles. The Balaban J connectivity index is 1.47. The average molecular weight is 501 g/mol. The lowest BCUT2D eigenvalue weighted by Crippen LogP contribution is -2.69. The number of anilines is 1. The number of rotatable bonds is 4. The van der Waals surface area contributed by atoms with Gasteiger partial charge in [0.2, 0.25) is 5.95 Å². The molecule has 0 atom stereocenters. The maximum Gasteiger partial charge on any atom is 0.387 e. The minimum atomic E-state index is -2.99. The summed E-state index contributed by atoms with van der Waals surface area (Å²) in [6, 6.07) is 2.69. The molecule has 2 amide bonds. The van der Waals surface area contributed by atoms with Gasteiger partial charge in [0.05, 0.1) is 34.0 Å². The summed E-state index contributed by atoms with van der Waals surface area (Å²) in [5.41, 5.74) is 7.91. The van der Waals surface area contributed by atoms with E-state index in [1.807, 2.05) is 0 Å². The third-order valence-corrected chi connectivity index (χ3v) is 6.92. The van der Waals surface area contributed by atoms with Crippen LogP contribution in [0.5, 0.6) is 5.75 Å². The van der Waals surface area contributed by atoms with E-state index < -0.39 is 6.61 Å². The molecule has 158 valence electrons. The van der Waals surface area contributed by atoms with Crippen molar-refractivity contribution in [2.45, 2.75) is 44.5 Å². The molecule has 30 heavy (non-hydrogen) atoms. The molecular formula is C19H17BrClF2N5O2. The minimum Gasteiger partial charge on any atom is -0.434 e. The lowest BCUT2D eigenvalue weighted by molar-refractivity contribution is -0.0503. The summed E-state index contributed by atoms with van der Waals surface area (Å²) in [6.45, 7) is -2.43. The van der Waals surface area contributed by atoms with Crippen molar-refractivity contribution in [3.05, 3.63) is 32.9 Å². The number of ether oxygens (including phenoxy) is 1. The molecule has 2 heterocycles. The molecule has 3 fully saturated rings. The van der Waals surface area contributed by atoms with Gasteiger partial charge in [0.15, 0.2) is 0 Å². The maximum absolute atomic E-state index is 12.8. The van der Waals surface area contributed by atoms with Crippen LogP contribution >= 0.6 is 27.5 Å². The van der Waals surface area contributed by atoms with Crippen LogP contribution < -0.4 is 15.8 Å². The van der Waals surface area contributed by atoms with Crippen LogP contribution in [0.4, 0.5) is 19.5 Å². The number of carbonyl (C=O) groups is 1. The smallest absolute Gasteiger partial charge is 0.387 e. The molecule has 0 radical (unpaired) electrons. The van der Waals surface area contributed by atoms with Crippen molar-refractivity contribution in [1.29, 1.82) is 0 Å². The van der Waals surface area contributed by atoms with E-state index in [1.165, 1.54) is 12.1 Å². The van der Waals surface area contributed by atoms with E-state index in [2.05, 4.69) is 36.0 Å². The number of nitrogens with one attached hydrogen (secondary N) is 1. The summed E-state index contributed by atoms with van der Waals surface area (Å²) in [5, 5.41) is 3.41. The summed E-state index contributed by atoms with van der Waals surface area (Å²) >= 11 is 9.55. The van der Waals surface area contributed by atoms with Crippen LogP contribution in [0.3, 0.4) is 0 Å².